The van der Waals surface area contributed by atoms with Crippen molar-refractivity contribution in [1.82, 2.24) is 5.32 Å². The van der Waals surface area contributed by atoms with Crippen molar-refractivity contribution >= 4 is 16.9 Å². The average Bonchev–Trinajstić information content (AvgIpc) is 2.93. The topological polar surface area (TPSA) is 90.2 Å². The number of carbonyl (C=O) groups excluding carboxylic acids is 1. The minimum Gasteiger partial charge on any atom is -0.493 e. The quantitative estimate of drug-likeness (QED) is 0.883. The molecule has 0 spiro atoms. The van der Waals surface area contributed by atoms with Gasteiger partial charge in [0.25, 0.3) is 5.91 Å². The summed E-state index contributed by atoms with van der Waals surface area (Å²) in [4.78, 5) is 12.6. The summed E-state index contributed by atoms with van der Waals surface area (Å²) in [6.07, 6.45) is -0.162. The molecule has 2 heterocycles. The summed E-state index contributed by atoms with van der Waals surface area (Å²) in [5.74, 6) is 0.819. The Hall–Kier alpha value is -2.25. The fourth-order valence-corrected chi connectivity index (χ4v) is 2.94. The molecule has 3 rings (SSSR count). The van der Waals surface area contributed by atoms with Gasteiger partial charge in [0.15, 0.2) is 17.1 Å². The van der Waals surface area contributed by atoms with Crippen molar-refractivity contribution in [3.8, 4) is 11.5 Å². The summed E-state index contributed by atoms with van der Waals surface area (Å²) in [5, 5.41) is 13.5. The molecule has 0 bridgehead atoms. The first kappa shape index (κ1) is 16.6. The van der Waals surface area contributed by atoms with E-state index in [0.29, 0.717) is 35.7 Å². The van der Waals surface area contributed by atoms with E-state index in [-0.39, 0.29) is 24.3 Å². The highest BCUT2D eigenvalue weighted by molar-refractivity contribution is 6.01. The van der Waals surface area contributed by atoms with Crippen molar-refractivity contribution in [3.63, 3.8) is 0 Å². The molecule has 1 aromatic carbocycles. The largest absolute Gasteiger partial charge is 0.493 e. The second-order valence-corrected chi connectivity index (χ2v) is 5.74. The van der Waals surface area contributed by atoms with Gasteiger partial charge in [-0.15, -0.1) is 0 Å². The molecule has 130 valence electrons. The Morgan fingerprint density at radius 1 is 1.33 bits per heavy atom. The van der Waals surface area contributed by atoms with Gasteiger partial charge >= 0.3 is 0 Å². The number of ether oxygens (including phenoxy) is 3. The number of aliphatic hydroxyl groups is 1. The molecule has 7 heteroatoms. The van der Waals surface area contributed by atoms with Crippen molar-refractivity contribution in [2.24, 2.45) is 0 Å². The Morgan fingerprint density at radius 3 is 2.79 bits per heavy atom. The van der Waals surface area contributed by atoms with Gasteiger partial charge in [-0.25, -0.2) is 0 Å². The van der Waals surface area contributed by atoms with E-state index in [0.717, 1.165) is 5.39 Å². The van der Waals surface area contributed by atoms with Crippen LogP contribution in [0.1, 0.15) is 22.5 Å². The molecule has 0 saturated carbocycles. The van der Waals surface area contributed by atoms with Gasteiger partial charge in [0, 0.05) is 17.6 Å². The van der Waals surface area contributed by atoms with Gasteiger partial charge < -0.3 is 29.1 Å². The van der Waals surface area contributed by atoms with Crippen LogP contribution in [0, 0.1) is 6.92 Å². The number of methoxy groups -OCH3 is 2. The third-order valence-electron chi connectivity index (χ3n) is 4.30. The monoisotopic (exact) mass is 335 g/mol. The second kappa shape index (κ2) is 6.70. The first-order valence-corrected chi connectivity index (χ1v) is 7.77. The number of hydrogen-bond donors (Lipinski definition) is 2. The molecule has 2 atom stereocenters. The third-order valence-corrected chi connectivity index (χ3v) is 4.30. The van der Waals surface area contributed by atoms with Crippen LogP contribution in [-0.2, 0) is 4.74 Å². The normalized spacial score (nSPS) is 20.8. The number of carbonyl (C=O) groups is 1. The highest BCUT2D eigenvalue weighted by Gasteiger charge is 2.28. The van der Waals surface area contributed by atoms with Gasteiger partial charge in [0.2, 0.25) is 5.75 Å². The summed E-state index contributed by atoms with van der Waals surface area (Å²) in [5.41, 5.74) is 1.18. The number of fused-ring (bicyclic) bond motifs is 1. The van der Waals surface area contributed by atoms with E-state index in [1.54, 1.807) is 13.2 Å². The third kappa shape index (κ3) is 2.81. The van der Waals surface area contributed by atoms with Gasteiger partial charge in [0.05, 0.1) is 33.0 Å². The highest BCUT2D eigenvalue weighted by atomic mass is 16.5. The smallest absolute Gasteiger partial charge is 0.287 e. The minimum absolute atomic E-state index is 0.204. The summed E-state index contributed by atoms with van der Waals surface area (Å²) in [6, 6.07) is 3.25. The first-order valence-electron chi connectivity index (χ1n) is 7.77. The van der Waals surface area contributed by atoms with E-state index in [1.165, 1.54) is 7.11 Å². The summed E-state index contributed by atoms with van der Waals surface area (Å²) >= 11 is 0. The molecule has 24 heavy (non-hydrogen) atoms. The Morgan fingerprint density at radius 2 is 2.12 bits per heavy atom. The SMILES string of the molecule is COc1ccc2c(C)c(C(=O)N[C@@H]3CCOC[C@H]3O)oc2c1OC. The number of furan rings is 1. The van der Waals surface area contributed by atoms with Crippen LogP contribution in [-0.4, -0.2) is 50.6 Å². The van der Waals surface area contributed by atoms with E-state index in [2.05, 4.69) is 5.32 Å². The molecule has 0 radical (unpaired) electrons. The summed E-state index contributed by atoms with van der Waals surface area (Å²) in [6.45, 7) is 2.54. The number of hydrogen-bond acceptors (Lipinski definition) is 6. The van der Waals surface area contributed by atoms with Gasteiger partial charge in [0.1, 0.15) is 0 Å². The van der Waals surface area contributed by atoms with Crippen LogP contribution in [0.3, 0.4) is 0 Å². The van der Waals surface area contributed by atoms with Crippen molar-refractivity contribution in [3.05, 3.63) is 23.5 Å². The van der Waals surface area contributed by atoms with Crippen LogP contribution < -0.4 is 14.8 Å². The van der Waals surface area contributed by atoms with Gasteiger partial charge in [-0.3, -0.25) is 4.79 Å². The van der Waals surface area contributed by atoms with Gasteiger partial charge in [-0.05, 0) is 25.5 Å². The van der Waals surface area contributed by atoms with Crippen LogP contribution in [0.2, 0.25) is 0 Å². The zero-order valence-electron chi connectivity index (χ0n) is 13.9. The predicted molar refractivity (Wildman–Crippen MR) is 86.8 cm³/mol. The molecule has 1 fully saturated rings. The number of amides is 1. The molecule has 2 aromatic rings. The Balaban J connectivity index is 1.94. The highest BCUT2D eigenvalue weighted by Crippen LogP contribution is 2.39. The van der Waals surface area contributed by atoms with Crippen LogP contribution >= 0.6 is 0 Å². The van der Waals surface area contributed by atoms with Crippen molar-refractivity contribution in [2.45, 2.75) is 25.5 Å². The molecule has 1 saturated heterocycles. The van der Waals surface area contributed by atoms with E-state index >= 15 is 0 Å². The number of aliphatic hydroxyl groups excluding tert-OH is 1. The number of rotatable bonds is 4. The van der Waals surface area contributed by atoms with Gasteiger partial charge in [-0.1, -0.05) is 0 Å². The van der Waals surface area contributed by atoms with Crippen LogP contribution in [0.25, 0.3) is 11.0 Å². The van der Waals surface area contributed by atoms with Crippen molar-refractivity contribution in [2.75, 3.05) is 27.4 Å². The molecule has 0 unspecified atom stereocenters. The molecule has 1 aliphatic heterocycles. The molecule has 0 aliphatic carbocycles. The molecular formula is C17H21NO6. The standard InChI is InChI=1S/C17H21NO6/c1-9-10-4-5-13(21-2)16(22-3)15(10)24-14(9)17(20)18-11-6-7-23-8-12(11)19/h4-5,11-12,19H,6-8H2,1-3H3,(H,18,20)/t11-,12-/m1/s1. The van der Waals surface area contributed by atoms with Crippen LogP contribution in [0.4, 0.5) is 0 Å². The van der Waals surface area contributed by atoms with Gasteiger partial charge in [-0.2, -0.15) is 0 Å². The lowest BCUT2D eigenvalue weighted by Gasteiger charge is -2.28. The Labute approximate surface area is 139 Å². The average molecular weight is 335 g/mol. The zero-order valence-corrected chi connectivity index (χ0v) is 13.9. The lowest BCUT2D eigenvalue weighted by Crippen LogP contribution is -2.48. The number of aryl methyl sites for hydroxylation is 1. The zero-order chi connectivity index (χ0) is 17.3. The van der Waals surface area contributed by atoms with Crippen LogP contribution in [0.5, 0.6) is 11.5 Å². The van der Waals surface area contributed by atoms with E-state index in [9.17, 15) is 9.90 Å². The van der Waals surface area contributed by atoms with E-state index in [1.807, 2.05) is 13.0 Å². The van der Waals surface area contributed by atoms with E-state index < -0.39 is 6.10 Å². The number of benzene rings is 1. The molecule has 1 aromatic heterocycles. The fraction of sp³-hybridized carbons (Fsp3) is 0.471. The van der Waals surface area contributed by atoms with Crippen molar-refractivity contribution < 1.29 is 28.5 Å². The van der Waals surface area contributed by atoms with Crippen LogP contribution in [0.15, 0.2) is 16.5 Å². The summed E-state index contributed by atoms with van der Waals surface area (Å²) < 4.78 is 21.6. The molecule has 1 aliphatic rings. The molecule has 7 nitrogen and oxygen atoms in total. The molecule has 2 N–H and O–H groups in total. The minimum atomic E-state index is -0.720. The molecule has 1 amide bonds. The number of nitrogens with one attached hydrogen (secondary N) is 1. The van der Waals surface area contributed by atoms with Crippen molar-refractivity contribution in [1.29, 1.82) is 0 Å². The second-order valence-electron chi connectivity index (χ2n) is 5.74. The maximum Gasteiger partial charge on any atom is 0.287 e. The fourth-order valence-electron chi connectivity index (χ4n) is 2.94. The lowest BCUT2D eigenvalue weighted by atomic mass is 10.1. The maximum atomic E-state index is 12.6. The maximum absolute atomic E-state index is 12.6. The summed E-state index contributed by atoms with van der Waals surface area (Å²) in [7, 11) is 3.06. The first-order chi connectivity index (χ1) is 11.6. The Kier molecular flexibility index (Phi) is 4.64. The molecular weight excluding hydrogens is 314 g/mol. The Bertz CT molecular complexity index is 753. The predicted octanol–water partition coefficient (Wildman–Crippen LogP) is 1.64. The van der Waals surface area contributed by atoms with E-state index in [4.69, 9.17) is 18.6 Å². The lowest BCUT2D eigenvalue weighted by molar-refractivity contribution is -0.0262.